The molecule has 0 amide bonds. The first-order valence-electron chi connectivity index (χ1n) is 7.74. The normalized spacial score (nSPS) is 15.1. The summed E-state index contributed by atoms with van der Waals surface area (Å²) in [5, 5.41) is 0. The van der Waals surface area contributed by atoms with Gasteiger partial charge < -0.3 is 10.6 Å². The lowest BCUT2D eigenvalue weighted by Gasteiger charge is -2.22. The number of rotatable bonds is 3. The summed E-state index contributed by atoms with van der Waals surface area (Å²) in [4.78, 5) is 2.50. The van der Waals surface area contributed by atoms with E-state index >= 15 is 0 Å². The van der Waals surface area contributed by atoms with Gasteiger partial charge in [-0.2, -0.15) is 0 Å². The Kier molecular flexibility index (Phi) is 3.73. The number of fused-ring (bicyclic) bond motifs is 1. The molecule has 1 aliphatic rings. The first kappa shape index (κ1) is 14.2. The Morgan fingerprint density at radius 1 is 1.14 bits per heavy atom. The van der Waals surface area contributed by atoms with Crippen LogP contribution in [0, 0.1) is 13.8 Å². The molecule has 0 bridgehead atoms. The van der Waals surface area contributed by atoms with E-state index in [9.17, 15) is 0 Å². The molecule has 1 aliphatic heterocycles. The van der Waals surface area contributed by atoms with E-state index in [0.717, 1.165) is 19.5 Å². The lowest BCUT2D eigenvalue weighted by Crippen LogP contribution is -2.21. The number of hydrogen-bond acceptors (Lipinski definition) is 2. The van der Waals surface area contributed by atoms with Gasteiger partial charge in [0, 0.05) is 24.8 Å². The van der Waals surface area contributed by atoms with Crippen molar-refractivity contribution in [3.8, 4) is 0 Å². The first-order valence-corrected chi connectivity index (χ1v) is 7.74. The van der Waals surface area contributed by atoms with Gasteiger partial charge in [0.15, 0.2) is 0 Å². The topological polar surface area (TPSA) is 29.3 Å². The van der Waals surface area contributed by atoms with Gasteiger partial charge in [0.05, 0.1) is 0 Å². The number of anilines is 1. The molecule has 1 unspecified atom stereocenters. The van der Waals surface area contributed by atoms with Gasteiger partial charge in [-0.05, 0) is 61.1 Å². The van der Waals surface area contributed by atoms with Gasteiger partial charge in [-0.15, -0.1) is 0 Å². The molecule has 1 heterocycles. The molecule has 2 N–H and O–H groups in total. The summed E-state index contributed by atoms with van der Waals surface area (Å²) in [7, 11) is 0. The summed E-state index contributed by atoms with van der Waals surface area (Å²) in [6.07, 6.45) is 1.13. The number of hydrogen-bond donors (Lipinski definition) is 1. The van der Waals surface area contributed by atoms with Gasteiger partial charge in [0.1, 0.15) is 0 Å². The summed E-state index contributed by atoms with van der Waals surface area (Å²) in [5.74, 6) is 0. The van der Waals surface area contributed by atoms with Crippen molar-refractivity contribution in [2.75, 3.05) is 11.4 Å². The van der Waals surface area contributed by atoms with Crippen molar-refractivity contribution in [2.45, 2.75) is 39.8 Å². The van der Waals surface area contributed by atoms with Crippen molar-refractivity contribution in [3.63, 3.8) is 0 Å². The molecule has 3 rings (SSSR count). The van der Waals surface area contributed by atoms with Crippen LogP contribution < -0.4 is 10.6 Å². The van der Waals surface area contributed by atoms with E-state index in [0.29, 0.717) is 0 Å². The second kappa shape index (κ2) is 5.53. The minimum absolute atomic E-state index is 0.114. The van der Waals surface area contributed by atoms with E-state index in [1.54, 1.807) is 0 Å². The molecule has 0 aliphatic carbocycles. The average Bonchev–Trinajstić information content (AvgIpc) is 2.85. The van der Waals surface area contributed by atoms with Crippen LogP contribution >= 0.6 is 0 Å². The molecular weight excluding hydrogens is 256 g/mol. The van der Waals surface area contributed by atoms with Crippen molar-refractivity contribution in [1.82, 2.24) is 0 Å². The van der Waals surface area contributed by atoms with Gasteiger partial charge in [-0.1, -0.05) is 30.3 Å². The number of aryl methyl sites for hydroxylation is 2. The van der Waals surface area contributed by atoms with Gasteiger partial charge in [-0.3, -0.25) is 0 Å². The fourth-order valence-electron chi connectivity index (χ4n) is 3.23. The Morgan fingerprint density at radius 2 is 1.86 bits per heavy atom. The minimum Gasteiger partial charge on any atom is -0.367 e. The second-order valence-corrected chi connectivity index (χ2v) is 6.22. The highest BCUT2D eigenvalue weighted by Gasteiger charge is 2.20. The van der Waals surface area contributed by atoms with Crippen LogP contribution in [0.15, 0.2) is 36.4 Å². The molecule has 0 saturated heterocycles. The van der Waals surface area contributed by atoms with Crippen molar-refractivity contribution in [1.29, 1.82) is 0 Å². The first-order chi connectivity index (χ1) is 10.1. The molecule has 1 atom stereocenters. The SMILES string of the molecule is Cc1cccc(C)c1CN1CCc2cc(C(C)N)ccc21. The third-order valence-corrected chi connectivity index (χ3v) is 4.61. The standard InChI is InChI=1S/C19H24N2/c1-13-5-4-6-14(2)18(13)12-21-10-9-17-11-16(15(3)20)7-8-19(17)21/h4-8,11,15H,9-10,12,20H2,1-3H3. The Hall–Kier alpha value is -1.80. The number of benzene rings is 2. The van der Waals surface area contributed by atoms with Crippen LogP contribution in [0.3, 0.4) is 0 Å². The Bertz CT molecular complexity index is 638. The zero-order valence-electron chi connectivity index (χ0n) is 13.2. The Morgan fingerprint density at radius 3 is 2.52 bits per heavy atom. The monoisotopic (exact) mass is 280 g/mol. The van der Waals surface area contributed by atoms with Crippen LogP contribution in [0.25, 0.3) is 0 Å². The fourth-order valence-corrected chi connectivity index (χ4v) is 3.23. The zero-order valence-corrected chi connectivity index (χ0v) is 13.2. The molecule has 0 aromatic heterocycles. The molecule has 21 heavy (non-hydrogen) atoms. The van der Waals surface area contributed by atoms with Crippen molar-refractivity contribution in [2.24, 2.45) is 5.73 Å². The number of nitrogens with zero attached hydrogens (tertiary/aromatic N) is 1. The molecule has 2 nitrogen and oxygen atoms in total. The maximum absolute atomic E-state index is 5.99. The van der Waals surface area contributed by atoms with Crippen molar-refractivity contribution < 1.29 is 0 Å². The van der Waals surface area contributed by atoms with E-state index in [2.05, 4.69) is 55.1 Å². The highest BCUT2D eigenvalue weighted by atomic mass is 15.1. The smallest absolute Gasteiger partial charge is 0.0434 e. The third-order valence-electron chi connectivity index (χ3n) is 4.61. The van der Waals surface area contributed by atoms with E-state index in [1.807, 2.05) is 6.92 Å². The van der Waals surface area contributed by atoms with Crippen LogP contribution in [0.2, 0.25) is 0 Å². The third kappa shape index (κ3) is 2.68. The van der Waals surface area contributed by atoms with Crippen LogP contribution in [0.5, 0.6) is 0 Å². The predicted octanol–water partition coefficient (Wildman–Crippen LogP) is 3.89. The van der Waals surface area contributed by atoms with Crippen molar-refractivity contribution in [3.05, 3.63) is 64.2 Å². The molecule has 2 aromatic carbocycles. The molecule has 2 heteroatoms. The largest absolute Gasteiger partial charge is 0.367 e. The molecule has 2 aromatic rings. The summed E-state index contributed by atoms with van der Waals surface area (Å²) >= 11 is 0. The van der Waals surface area contributed by atoms with Crippen LogP contribution in [0.1, 0.15) is 40.8 Å². The van der Waals surface area contributed by atoms with Gasteiger partial charge in [0.25, 0.3) is 0 Å². The fraction of sp³-hybridized carbons (Fsp3) is 0.368. The number of nitrogens with two attached hydrogens (primary N) is 1. The molecule has 0 fully saturated rings. The van der Waals surface area contributed by atoms with E-state index in [-0.39, 0.29) is 6.04 Å². The maximum atomic E-state index is 5.99. The lowest BCUT2D eigenvalue weighted by atomic mass is 10.0. The molecular formula is C19H24N2. The molecule has 0 spiro atoms. The molecule has 110 valence electrons. The highest BCUT2D eigenvalue weighted by Crippen LogP contribution is 2.32. The maximum Gasteiger partial charge on any atom is 0.0434 e. The molecule has 0 radical (unpaired) electrons. The Labute approximate surface area is 127 Å². The van der Waals surface area contributed by atoms with Gasteiger partial charge in [0.2, 0.25) is 0 Å². The average molecular weight is 280 g/mol. The highest BCUT2D eigenvalue weighted by molar-refractivity contribution is 5.60. The quantitative estimate of drug-likeness (QED) is 0.924. The summed E-state index contributed by atoms with van der Waals surface area (Å²) in [5.41, 5.74) is 14.3. The van der Waals surface area contributed by atoms with E-state index in [4.69, 9.17) is 5.73 Å². The summed E-state index contributed by atoms with van der Waals surface area (Å²) in [6.45, 7) is 8.57. The van der Waals surface area contributed by atoms with Crippen molar-refractivity contribution >= 4 is 5.69 Å². The molecule has 0 saturated carbocycles. The predicted molar refractivity (Wildman–Crippen MR) is 89.7 cm³/mol. The van der Waals surface area contributed by atoms with Crippen LogP contribution in [0.4, 0.5) is 5.69 Å². The zero-order chi connectivity index (χ0) is 15.0. The second-order valence-electron chi connectivity index (χ2n) is 6.22. The Balaban J connectivity index is 1.88. The minimum atomic E-state index is 0.114. The summed E-state index contributed by atoms with van der Waals surface area (Å²) in [6, 6.07) is 13.4. The van der Waals surface area contributed by atoms with E-state index in [1.165, 1.54) is 33.5 Å². The lowest BCUT2D eigenvalue weighted by molar-refractivity contribution is 0.816. The summed E-state index contributed by atoms with van der Waals surface area (Å²) < 4.78 is 0. The van der Waals surface area contributed by atoms with Gasteiger partial charge in [-0.25, -0.2) is 0 Å². The van der Waals surface area contributed by atoms with Crippen LogP contribution in [-0.4, -0.2) is 6.54 Å². The van der Waals surface area contributed by atoms with E-state index < -0.39 is 0 Å². The van der Waals surface area contributed by atoms with Crippen LogP contribution in [-0.2, 0) is 13.0 Å². The van der Waals surface area contributed by atoms with Gasteiger partial charge >= 0.3 is 0 Å².